The van der Waals surface area contributed by atoms with Crippen LogP contribution in [-0.4, -0.2) is 31.1 Å². The third kappa shape index (κ3) is 3.62. The van der Waals surface area contributed by atoms with Crippen LogP contribution in [0.15, 0.2) is 18.2 Å². The molecular weight excluding hydrogens is 196 g/mol. The van der Waals surface area contributed by atoms with Gasteiger partial charge >= 0.3 is 0 Å². The number of hydrogen-bond donors (Lipinski definition) is 1. The van der Waals surface area contributed by atoms with Gasteiger partial charge in [0.25, 0.3) is 0 Å². The highest BCUT2D eigenvalue weighted by Crippen LogP contribution is 2.12. The van der Waals surface area contributed by atoms with E-state index < -0.39 is 0 Å². The lowest BCUT2D eigenvalue weighted by Gasteiger charge is -2.23. The van der Waals surface area contributed by atoms with Crippen molar-refractivity contribution in [1.82, 2.24) is 4.90 Å². The maximum atomic E-state index is 5.65. The summed E-state index contributed by atoms with van der Waals surface area (Å²) in [6, 6.07) is 7.13. The lowest BCUT2D eigenvalue weighted by Crippen LogP contribution is -2.36. The van der Waals surface area contributed by atoms with E-state index in [1.54, 1.807) is 0 Å². The van der Waals surface area contributed by atoms with Crippen molar-refractivity contribution in [3.05, 3.63) is 34.9 Å². The van der Waals surface area contributed by atoms with Crippen molar-refractivity contribution in [3.8, 4) is 0 Å². The van der Waals surface area contributed by atoms with Gasteiger partial charge in [0, 0.05) is 19.1 Å². The molecule has 0 amide bonds. The molecule has 0 bridgehead atoms. The molecule has 0 spiro atoms. The Bertz CT molecular complexity index is 334. The van der Waals surface area contributed by atoms with Gasteiger partial charge in [-0.2, -0.15) is 0 Å². The third-order valence-electron chi connectivity index (χ3n) is 3.33. The van der Waals surface area contributed by atoms with Crippen molar-refractivity contribution in [3.63, 3.8) is 0 Å². The van der Waals surface area contributed by atoms with Crippen LogP contribution in [0.1, 0.15) is 23.6 Å². The van der Waals surface area contributed by atoms with Gasteiger partial charge in [0.1, 0.15) is 0 Å². The molecule has 0 fully saturated rings. The minimum absolute atomic E-state index is 0.463. The Morgan fingerprint density at radius 3 is 2.62 bits per heavy atom. The summed E-state index contributed by atoms with van der Waals surface area (Å²) in [7, 11) is 2.14. The largest absolute Gasteiger partial charge is 0.329 e. The first-order valence-electron chi connectivity index (χ1n) is 6.01. The molecule has 1 aromatic rings. The number of aryl methyl sites for hydroxylation is 2. The van der Waals surface area contributed by atoms with E-state index in [0.29, 0.717) is 6.04 Å². The van der Waals surface area contributed by atoms with E-state index in [9.17, 15) is 0 Å². The second-order valence-electron chi connectivity index (χ2n) is 4.75. The molecule has 0 heterocycles. The van der Waals surface area contributed by atoms with E-state index in [-0.39, 0.29) is 0 Å². The van der Waals surface area contributed by atoms with E-state index in [4.69, 9.17) is 5.73 Å². The lowest BCUT2D eigenvalue weighted by molar-refractivity contribution is 0.266. The Kier molecular flexibility index (Phi) is 4.97. The smallest absolute Gasteiger partial charge is 0.0187 e. The molecule has 0 aromatic heterocycles. The molecule has 2 heteroatoms. The molecule has 0 aliphatic heterocycles. The second kappa shape index (κ2) is 6.02. The summed E-state index contributed by atoms with van der Waals surface area (Å²) < 4.78 is 0. The molecule has 0 aliphatic rings. The van der Waals surface area contributed by atoms with Gasteiger partial charge in [-0.15, -0.1) is 0 Å². The van der Waals surface area contributed by atoms with Gasteiger partial charge in [-0.05, 0) is 45.4 Å². The lowest BCUT2D eigenvalue weighted by atomic mass is 10.0. The molecule has 90 valence electrons. The van der Waals surface area contributed by atoms with Gasteiger partial charge in [-0.1, -0.05) is 23.8 Å². The first-order valence-corrected chi connectivity index (χ1v) is 6.01. The molecule has 0 radical (unpaired) electrons. The Labute approximate surface area is 99.5 Å². The highest BCUT2D eigenvalue weighted by molar-refractivity contribution is 5.30. The summed E-state index contributed by atoms with van der Waals surface area (Å²) in [6.45, 7) is 8.30. The van der Waals surface area contributed by atoms with Crippen LogP contribution in [0.25, 0.3) is 0 Å². The van der Waals surface area contributed by atoms with Crippen LogP contribution in [0, 0.1) is 13.8 Å². The number of likely N-dealkylation sites (N-methyl/N-ethyl adjacent to an activating group) is 1. The summed E-state index contributed by atoms with van der Waals surface area (Å²) in [5, 5.41) is 0. The van der Waals surface area contributed by atoms with Gasteiger partial charge in [-0.3, -0.25) is 0 Å². The van der Waals surface area contributed by atoms with E-state index in [1.165, 1.54) is 16.7 Å². The number of nitrogens with two attached hydrogens (primary N) is 1. The minimum Gasteiger partial charge on any atom is -0.329 e. The molecule has 0 saturated heterocycles. The fraction of sp³-hybridized carbons (Fsp3) is 0.571. The summed E-state index contributed by atoms with van der Waals surface area (Å²) in [5.74, 6) is 0. The summed E-state index contributed by atoms with van der Waals surface area (Å²) in [6.07, 6.45) is 1.11. The van der Waals surface area contributed by atoms with Crippen molar-refractivity contribution in [2.45, 2.75) is 33.2 Å². The van der Waals surface area contributed by atoms with Gasteiger partial charge in [-0.25, -0.2) is 0 Å². The average molecular weight is 220 g/mol. The molecule has 1 aromatic carbocycles. The van der Waals surface area contributed by atoms with Gasteiger partial charge in [0.15, 0.2) is 0 Å². The summed E-state index contributed by atoms with van der Waals surface area (Å²) in [4.78, 5) is 2.32. The SMILES string of the molecule is Cc1ccc(C)c(CCN(C)C(C)CN)c1. The van der Waals surface area contributed by atoms with Crippen molar-refractivity contribution in [1.29, 1.82) is 0 Å². The maximum absolute atomic E-state index is 5.65. The first-order chi connectivity index (χ1) is 7.54. The fourth-order valence-electron chi connectivity index (χ4n) is 1.77. The standard InChI is InChI=1S/C14H24N2/c1-11-5-6-12(2)14(9-11)7-8-16(4)13(3)10-15/h5-6,9,13H,7-8,10,15H2,1-4H3. The molecule has 2 N–H and O–H groups in total. The van der Waals surface area contributed by atoms with Crippen LogP contribution in [0.5, 0.6) is 0 Å². The van der Waals surface area contributed by atoms with E-state index in [2.05, 4.69) is 50.9 Å². The molecule has 16 heavy (non-hydrogen) atoms. The second-order valence-corrected chi connectivity index (χ2v) is 4.75. The van der Waals surface area contributed by atoms with Crippen LogP contribution in [-0.2, 0) is 6.42 Å². The number of benzene rings is 1. The highest BCUT2D eigenvalue weighted by Gasteiger charge is 2.07. The fourth-order valence-corrected chi connectivity index (χ4v) is 1.77. The van der Waals surface area contributed by atoms with Crippen molar-refractivity contribution >= 4 is 0 Å². The molecular formula is C14H24N2. The highest BCUT2D eigenvalue weighted by atomic mass is 15.1. The Morgan fingerprint density at radius 1 is 1.31 bits per heavy atom. The number of hydrogen-bond acceptors (Lipinski definition) is 2. The molecule has 0 aliphatic carbocycles. The van der Waals surface area contributed by atoms with Crippen LogP contribution < -0.4 is 5.73 Å². The Morgan fingerprint density at radius 2 is 2.00 bits per heavy atom. The van der Waals surface area contributed by atoms with E-state index in [0.717, 1.165) is 19.5 Å². The van der Waals surface area contributed by atoms with Gasteiger partial charge in [0.05, 0.1) is 0 Å². The minimum atomic E-state index is 0.463. The molecule has 1 atom stereocenters. The third-order valence-corrected chi connectivity index (χ3v) is 3.33. The summed E-state index contributed by atoms with van der Waals surface area (Å²) in [5.41, 5.74) is 9.84. The van der Waals surface area contributed by atoms with Gasteiger partial charge in [0.2, 0.25) is 0 Å². The van der Waals surface area contributed by atoms with Crippen LogP contribution >= 0.6 is 0 Å². The predicted octanol–water partition coefficient (Wildman–Crippen LogP) is 2.12. The van der Waals surface area contributed by atoms with Crippen molar-refractivity contribution in [2.75, 3.05) is 20.1 Å². The van der Waals surface area contributed by atoms with E-state index >= 15 is 0 Å². The van der Waals surface area contributed by atoms with Crippen LogP contribution in [0.2, 0.25) is 0 Å². The summed E-state index contributed by atoms with van der Waals surface area (Å²) >= 11 is 0. The molecule has 1 unspecified atom stereocenters. The Balaban J connectivity index is 2.57. The zero-order valence-corrected chi connectivity index (χ0v) is 11.0. The predicted molar refractivity (Wildman–Crippen MR) is 70.8 cm³/mol. The van der Waals surface area contributed by atoms with Gasteiger partial charge < -0.3 is 10.6 Å². The molecule has 1 rings (SSSR count). The zero-order valence-electron chi connectivity index (χ0n) is 11.0. The zero-order chi connectivity index (χ0) is 12.1. The quantitative estimate of drug-likeness (QED) is 0.823. The molecule has 2 nitrogen and oxygen atoms in total. The van der Waals surface area contributed by atoms with Crippen LogP contribution in [0.3, 0.4) is 0 Å². The maximum Gasteiger partial charge on any atom is 0.0187 e. The van der Waals surface area contributed by atoms with Crippen molar-refractivity contribution < 1.29 is 0 Å². The number of nitrogens with zero attached hydrogens (tertiary/aromatic N) is 1. The van der Waals surface area contributed by atoms with Crippen LogP contribution in [0.4, 0.5) is 0 Å². The first kappa shape index (κ1) is 13.2. The average Bonchev–Trinajstić information content (AvgIpc) is 2.28. The monoisotopic (exact) mass is 220 g/mol. The van der Waals surface area contributed by atoms with E-state index in [1.807, 2.05) is 0 Å². The Hall–Kier alpha value is -0.860. The topological polar surface area (TPSA) is 29.3 Å². The number of rotatable bonds is 5. The normalized spacial score (nSPS) is 13.1. The molecule has 0 saturated carbocycles. The van der Waals surface area contributed by atoms with Crippen molar-refractivity contribution in [2.24, 2.45) is 5.73 Å².